The smallest absolute Gasteiger partial charge is 0.137 e. The Morgan fingerprint density at radius 1 is 1.23 bits per heavy atom. The summed E-state index contributed by atoms with van der Waals surface area (Å²) in [6, 6.07) is 12.5. The molecule has 5 heterocycles. The number of pyridine rings is 1. The second kappa shape index (κ2) is 6.85. The molecule has 3 saturated heterocycles. The fourth-order valence-corrected chi connectivity index (χ4v) is 5.76. The number of hydrogen-bond donors (Lipinski definition) is 2. The number of aliphatic hydroxyl groups is 1. The van der Waals surface area contributed by atoms with E-state index in [4.69, 9.17) is 9.72 Å². The zero-order valence-electron chi connectivity index (χ0n) is 16.7. The first-order chi connectivity index (χ1) is 14.7. The van der Waals surface area contributed by atoms with Crippen LogP contribution in [0.3, 0.4) is 0 Å². The highest BCUT2D eigenvalue weighted by molar-refractivity contribution is 5.66. The maximum Gasteiger partial charge on any atom is 0.137 e. The molecule has 1 aromatic carbocycles. The third-order valence-corrected chi connectivity index (χ3v) is 7.10. The molecule has 2 aromatic heterocycles. The number of halogens is 1. The minimum absolute atomic E-state index is 0.112. The Morgan fingerprint density at radius 3 is 2.93 bits per heavy atom. The fourth-order valence-electron chi connectivity index (χ4n) is 5.76. The molecule has 0 amide bonds. The number of ether oxygens (including phenoxy) is 1. The highest BCUT2D eigenvalue weighted by Gasteiger charge is 2.60. The van der Waals surface area contributed by atoms with Gasteiger partial charge in [-0.25, -0.2) is 9.37 Å². The van der Waals surface area contributed by atoms with Gasteiger partial charge in [0.05, 0.1) is 23.1 Å². The molecule has 4 atom stereocenters. The van der Waals surface area contributed by atoms with Gasteiger partial charge in [0.2, 0.25) is 0 Å². The number of likely N-dealkylation sites (tertiary alicyclic amines) is 1. The number of hydrogen-bond acceptors (Lipinski definition) is 5. The van der Waals surface area contributed by atoms with Crippen LogP contribution in [0.5, 0.6) is 0 Å². The zero-order chi connectivity index (χ0) is 20.3. The maximum absolute atomic E-state index is 13.5. The molecule has 30 heavy (non-hydrogen) atoms. The van der Waals surface area contributed by atoms with E-state index in [2.05, 4.69) is 14.6 Å². The molecule has 6 rings (SSSR count). The molecule has 2 bridgehead atoms. The Labute approximate surface area is 174 Å². The molecule has 3 aliphatic rings. The van der Waals surface area contributed by atoms with Crippen molar-refractivity contribution in [2.24, 2.45) is 11.8 Å². The Hall–Kier alpha value is -2.32. The largest absolute Gasteiger partial charge is 0.396 e. The monoisotopic (exact) mass is 408 g/mol. The second-order valence-electron chi connectivity index (χ2n) is 8.82. The highest BCUT2D eigenvalue weighted by atomic mass is 19.1. The summed E-state index contributed by atoms with van der Waals surface area (Å²) in [5.74, 6) is 0.266. The van der Waals surface area contributed by atoms with Gasteiger partial charge in [-0.15, -0.1) is 0 Å². The Kier molecular flexibility index (Phi) is 4.21. The number of imidazole rings is 1. The first-order valence-electron chi connectivity index (χ1n) is 10.6. The zero-order valence-corrected chi connectivity index (χ0v) is 16.7. The van der Waals surface area contributed by atoms with Gasteiger partial charge in [0.1, 0.15) is 11.5 Å². The lowest BCUT2D eigenvalue weighted by Crippen LogP contribution is -2.52. The SMILES string of the molecule is OC[C@H]1[C@H]2CN(Cc3c(-c4ccc(F)cc4)nc4ccccn34)C[C@]23CNC[C@H]1O3. The summed E-state index contributed by atoms with van der Waals surface area (Å²) >= 11 is 0. The molecule has 156 valence electrons. The van der Waals surface area contributed by atoms with Crippen molar-refractivity contribution in [1.82, 2.24) is 19.6 Å². The van der Waals surface area contributed by atoms with Crippen molar-refractivity contribution in [1.29, 1.82) is 0 Å². The summed E-state index contributed by atoms with van der Waals surface area (Å²) in [5.41, 5.74) is 3.56. The second-order valence-corrected chi connectivity index (χ2v) is 8.82. The molecule has 3 fully saturated rings. The molecule has 0 unspecified atom stereocenters. The molecular formula is C23H25FN4O2. The molecule has 1 spiro atoms. The van der Waals surface area contributed by atoms with Gasteiger partial charge < -0.3 is 19.6 Å². The van der Waals surface area contributed by atoms with E-state index in [1.54, 1.807) is 12.1 Å². The van der Waals surface area contributed by atoms with Crippen LogP contribution in [0.4, 0.5) is 4.39 Å². The number of nitrogens with zero attached hydrogens (tertiary/aromatic N) is 3. The number of benzene rings is 1. The first kappa shape index (κ1) is 18.4. The summed E-state index contributed by atoms with van der Waals surface area (Å²) < 4.78 is 22.1. The molecule has 0 aliphatic carbocycles. The number of fused-ring (bicyclic) bond motifs is 2. The minimum Gasteiger partial charge on any atom is -0.396 e. The number of morpholine rings is 1. The summed E-state index contributed by atoms with van der Waals surface area (Å²) in [5, 5.41) is 13.5. The van der Waals surface area contributed by atoms with E-state index in [0.717, 1.165) is 55.3 Å². The molecule has 0 radical (unpaired) electrons. The van der Waals surface area contributed by atoms with Crippen LogP contribution >= 0.6 is 0 Å². The standard InChI is InChI=1S/C23H25FN4O2/c24-16-6-4-15(5-7-16)22-19(28-8-2-1-3-21(28)26-22)11-27-10-18-17(12-29)20-9-25-13-23(18,14-27)30-20/h1-8,17-18,20,25,29H,9-14H2/t17-,18+,20+,23+/m0/s1. The van der Waals surface area contributed by atoms with Gasteiger partial charge in [0.25, 0.3) is 0 Å². The van der Waals surface area contributed by atoms with Crippen molar-refractivity contribution in [3.63, 3.8) is 0 Å². The molecule has 7 heteroatoms. The quantitative estimate of drug-likeness (QED) is 0.691. The maximum atomic E-state index is 13.5. The average Bonchev–Trinajstić information content (AvgIpc) is 3.34. The summed E-state index contributed by atoms with van der Waals surface area (Å²) in [4.78, 5) is 7.27. The Morgan fingerprint density at radius 2 is 2.10 bits per heavy atom. The Bertz CT molecular complexity index is 1080. The summed E-state index contributed by atoms with van der Waals surface area (Å²) in [7, 11) is 0. The predicted molar refractivity (Wildman–Crippen MR) is 110 cm³/mol. The van der Waals surface area contributed by atoms with Crippen molar-refractivity contribution in [2.45, 2.75) is 18.2 Å². The molecule has 0 saturated carbocycles. The van der Waals surface area contributed by atoms with Crippen LogP contribution in [-0.4, -0.2) is 63.9 Å². The van der Waals surface area contributed by atoms with Gasteiger partial charge >= 0.3 is 0 Å². The summed E-state index contributed by atoms with van der Waals surface area (Å²) in [6.07, 6.45) is 2.15. The van der Waals surface area contributed by atoms with Crippen LogP contribution in [0.2, 0.25) is 0 Å². The van der Waals surface area contributed by atoms with Crippen molar-refractivity contribution in [2.75, 3.05) is 32.8 Å². The van der Waals surface area contributed by atoms with Crippen LogP contribution in [0, 0.1) is 17.7 Å². The van der Waals surface area contributed by atoms with Crippen LogP contribution < -0.4 is 5.32 Å². The predicted octanol–water partition coefficient (Wildman–Crippen LogP) is 1.92. The lowest BCUT2D eigenvalue weighted by Gasteiger charge is -2.34. The molecule has 2 N–H and O–H groups in total. The van der Waals surface area contributed by atoms with Crippen molar-refractivity contribution >= 4 is 5.65 Å². The first-order valence-corrected chi connectivity index (χ1v) is 10.6. The molecule has 6 nitrogen and oxygen atoms in total. The van der Waals surface area contributed by atoms with Crippen molar-refractivity contribution < 1.29 is 14.2 Å². The highest BCUT2D eigenvalue weighted by Crippen LogP contribution is 2.47. The lowest BCUT2D eigenvalue weighted by atomic mass is 9.83. The van der Waals surface area contributed by atoms with E-state index < -0.39 is 0 Å². The van der Waals surface area contributed by atoms with Crippen LogP contribution in [0.1, 0.15) is 5.69 Å². The van der Waals surface area contributed by atoms with Crippen LogP contribution in [0.25, 0.3) is 16.9 Å². The van der Waals surface area contributed by atoms with E-state index in [9.17, 15) is 9.50 Å². The van der Waals surface area contributed by atoms with E-state index in [1.807, 2.05) is 24.4 Å². The van der Waals surface area contributed by atoms with Crippen molar-refractivity contribution in [3.8, 4) is 11.3 Å². The number of rotatable bonds is 4. The van der Waals surface area contributed by atoms with E-state index in [-0.39, 0.29) is 30.0 Å². The van der Waals surface area contributed by atoms with Gasteiger partial charge in [-0.2, -0.15) is 0 Å². The fraction of sp³-hybridized carbons (Fsp3) is 0.435. The molecule has 3 aliphatic heterocycles. The number of aliphatic hydroxyl groups excluding tert-OH is 1. The molecular weight excluding hydrogens is 383 g/mol. The van der Waals surface area contributed by atoms with E-state index >= 15 is 0 Å². The van der Waals surface area contributed by atoms with Crippen molar-refractivity contribution in [3.05, 3.63) is 60.2 Å². The van der Waals surface area contributed by atoms with Gasteiger partial charge in [-0.05, 0) is 36.4 Å². The third-order valence-electron chi connectivity index (χ3n) is 7.10. The van der Waals surface area contributed by atoms with Crippen LogP contribution in [-0.2, 0) is 11.3 Å². The van der Waals surface area contributed by atoms with Crippen LogP contribution in [0.15, 0.2) is 48.7 Å². The summed E-state index contributed by atoms with van der Waals surface area (Å²) in [6.45, 7) is 4.28. The third kappa shape index (κ3) is 2.73. The number of nitrogens with one attached hydrogen (secondary N) is 1. The number of aromatic nitrogens is 2. The average molecular weight is 408 g/mol. The van der Waals surface area contributed by atoms with Gasteiger partial charge in [-0.1, -0.05) is 6.07 Å². The minimum atomic E-state index is -0.248. The Balaban J connectivity index is 1.36. The topological polar surface area (TPSA) is 62.0 Å². The lowest BCUT2D eigenvalue weighted by molar-refractivity contribution is -0.0747. The van der Waals surface area contributed by atoms with Gasteiger partial charge in [0, 0.05) is 62.9 Å². The van der Waals surface area contributed by atoms with Gasteiger partial charge in [-0.3, -0.25) is 4.90 Å². The van der Waals surface area contributed by atoms with E-state index in [0.29, 0.717) is 5.92 Å². The normalized spacial score (nSPS) is 30.8. The van der Waals surface area contributed by atoms with E-state index in [1.165, 1.54) is 12.1 Å². The molecule has 3 aromatic rings. The van der Waals surface area contributed by atoms with Gasteiger partial charge in [0.15, 0.2) is 0 Å².